The van der Waals surface area contributed by atoms with E-state index >= 15 is 0 Å². The first-order chi connectivity index (χ1) is 8.49. The van der Waals surface area contributed by atoms with Gasteiger partial charge in [0.05, 0.1) is 18.1 Å². The summed E-state index contributed by atoms with van der Waals surface area (Å²) in [6.45, 7) is 0.152. The van der Waals surface area contributed by atoms with Crippen molar-refractivity contribution in [3.8, 4) is 5.75 Å². The van der Waals surface area contributed by atoms with E-state index in [1.165, 1.54) is 6.08 Å². The number of halogens is 1. The van der Waals surface area contributed by atoms with Gasteiger partial charge in [-0.25, -0.2) is 4.79 Å². The molecule has 0 aliphatic rings. The van der Waals surface area contributed by atoms with Crippen molar-refractivity contribution in [2.24, 2.45) is 5.73 Å². The number of carboxylic acid groups (broad SMARTS) is 1. The van der Waals surface area contributed by atoms with Crippen LogP contribution in [0.4, 0.5) is 0 Å². The van der Waals surface area contributed by atoms with Gasteiger partial charge in [-0.15, -0.1) is 0 Å². The highest BCUT2D eigenvalue weighted by Crippen LogP contribution is 2.26. The Balaban J connectivity index is 2.67. The molecule has 3 N–H and O–H groups in total. The summed E-state index contributed by atoms with van der Waals surface area (Å²) < 4.78 is 5.25. The molecule has 0 radical (unpaired) electrons. The fourth-order valence-corrected chi connectivity index (χ4v) is 1.41. The lowest BCUT2D eigenvalue weighted by Gasteiger charge is -2.07. The van der Waals surface area contributed by atoms with Crippen LogP contribution < -0.4 is 10.5 Å². The van der Waals surface area contributed by atoms with Crippen LogP contribution in [0.3, 0.4) is 0 Å². The number of hydrogen-bond donors (Lipinski definition) is 2. The molecule has 1 amide bonds. The van der Waals surface area contributed by atoms with E-state index < -0.39 is 11.9 Å². The van der Waals surface area contributed by atoms with Crippen molar-refractivity contribution in [3.63, 3.8) is 0 Å². The van der Waals surface area contributed by atoms with Crippen molar-refractivity contribution in [1.82, 2.24) is 0 Å². The van der Waals surface area contributed by atoms with E-state index in [1.54, 1.807) is 18.2 Å². The fraction of sp³-hybridized carbons (Fsp3) is 0.167. The third-order valence-corrected chi connectivity index (χ3v) is 2.28. The Bertz CT molecular complexity index is 485. The molecule has 6 heteroatoms. The zero-order chi connectivity index (χ0) is 13.5. The normalized spacial score (nSPS) is 10.5. The highest BCUT2D eigenvalue weighted by Gasteiger charge is 2.03. The molecular formula is C12H12ClNO4. The van der Waals surface area contributed by atoms with E-state index in [0.717, 1.165) is 6.08 Å². The lowest BCUT2D eigenvalue weighted by atomic mass is 10.2. The largest absolute Gasteiger partial charge is 0.491 e. The number of carboxylic acids is 1. The average Bonchev–Trinajstić information content (AvgIpc) is 2.28. The first kappa shape index (κ1) is 14.1. The van der Waals surface area contributed by atoms with E-state index in [4.69, 9.17) is 27.2 Å². The molecule has 0 aliphatic heterocycles. The second-order valence-electron chi connectivity index (χ2n) is 3.43. The van der Waals surface area contributed by atoms with Crippen molar-refractivity contribution in [2.75, 3.05) is 6.61 Å². The smallest absolute Gasteiger partial charge is 0.328 e. The van der Waals surface area contributed by atoms with Crippen LogP contribution >= 0.6 is 11.6 Å². The molecule has 1 aromatic rings. The molecule has 0 bridgehead atoms. The van der Waals surface area contributed by atoms with Crippen LogP contribution in [0.2, 0.25) is 5.02 Å². The van der Waals surface area contributed by atoms with Gasteiger partial charge >= 0.3 is 5.97 Å². The van der Waals surface area contributed by atoms with Gasteiger partial charge in [-0.05, 0) is 23.8 Å². The Hall–Kier alpha value is -2.01. The topological polar surface area (TPSA) is 89.6 Å². The molecular weight excluding hydrogens is 258 g/mol. The van der Waals surface area contributed by atoms with Gasteiger partial charge in [-0.2, -0.15) is 0 Å². The number of benzene rings is 1. The number of rotatable bonds is 6. The molecule has 0 aliphatic carbocycles. The van der Waals surface area contributed by atoms with Gasteiger partial charge in [-0.3, -0.25) is 4.79 Å². The Morgan fingerprint density at radius 2 is 2.17 bits per heavy atom. The summed E-state index contributed by atoms with van der Waals surface area (Å²) >= 11 is 5.94. The second kappa shape index (κ2) is 6.66. The number of carbonyl (C=O) groups excluding carboxylic acids is 1. The van der Waals surface area contributed by atoms with Crippen LogP contribution in [0.5, 0.6) is 5.75 Å². The molecule has 0 fully saturated rings. The highest BCUT2D eigenvalue weighted by atomic mass is 35.5. The van der Waals surface area contributed by atoms with E-state index in [0.29, 0.717) is 16.3 Å². The van der Waals surface area contributed by atoms with Crippen LogP contribution in [-0.2, 0) is 9.59 Å². The number of hydrogen-bond acceptors (Lipinski definition) is 3. The minimum Gasteiger partial charge on any atom is -0.491 e. The predicted octanol–water partition coefficient (Wildman–Crippen LogP) is 1.69. The summed E-state index contributed by atoms with van der Waals surface area (Å²) in [7, 11) is 0. The van der Waals surface area contributed by atoms with E-state index in [1.807, 2.05) is 0 Å². The maximum Gasteiger partial charge on any atom is 0.328 e. The summed E-state index contributed by atoms with van der Waals surface area (Å²) in [5.74, 6) is -1.06. The number of nitrogens with two attached hydrogens (primary N) is 1. The van der Waals surface area contributed by atoms with Gasteiger partial charge < -0.3 is 15.6 Å². The molecule has 18 heavy (non-hydrogen) atoms. The second-order valence-corrected chi connectivity index (χ2v) is 3.83. The summed E-state index contributed by atoms with van der Waals surface area (Å²) in [5.41, 5.74) is 5.61. The first-order valence-corrected chi connectivity index (χ1v) is 5.48. The third kappa shape index (κ3) is 4.88. The van der Waals surface area contributed by atoms with Crippen LogP contribution in [0.1, 0.15) is 12.0 Å². The summed E-state index contributed by atoms with van der Waals surface area (Å²) in [6, 6.07) is 4.83. The Labute approximate surface area is 109 Å². The van der Waals surface area contributed by atoms with E-state index in [9.17, 15) is 9.59 Å². The minimum atomic E-state index is -1.03. The van der Waals surface area contributed by atoms with Gasteiger partial charge in [0, 0.05) is 6.08 Å². The molecule has 5 nitrogen and oxygen atoms in total. The Kier molecular flexibility index (Phi) is 5.20. The van der Waals surface area contributed by atoms with Crippen LogP contribution in [-0.4, -0.2) is 23.6 Å². The van der Waals surface area contributed by atoms with Crippen molar-refractivity contribution in [2.45, 2.75) is 6.42 Å². The third-order valence-electron chi connectivity index (χ3n) is 1.98. The molecule has 0 unspecified atom stereocenters. The van der Waals surface area contributed by atoms with Gasteiger partial charge in [0.1, 0.15) is 5.75 Å². The Morgan fingerprint density at radius 1 is 1.44 bits per heavy atom. The van der Waals surface area contributed by atoms with Crippen molar-refractivity contribution in [1.29, 1.82) is 0 Å². The number of ether oxygens (including phenoxy) is 1. The number of carbonyl (C=O) groups is 2. The average molecular weight is 270 g/mol. The van der Waals surface area contributed by atoms with Crippen LogP contribution in [0.15, 0.2) is 24.3 Å². The standard InChI is InChI=1S/C12H12ClNO4/c13-9-7-8(2-4-12(16)17)1-3-10(9)18-6-5-11(14)15/h1-4,7H,5-6H2,(H2,14,15)(H,16,17). The van der Waals surface area contributed by atoms with Gasteiger partial charge in [-0.1, -0.05) is 17.7 Å². The van der Waals surface area contributed by atoms with Crippen molar-refractivity contribution >= 4 is 29.6 Å². The van der Waals surface area contributed by atoms with Crippen molar-refractivity contribution in [3.05, 3.63) is 34.9 Å². The SMILES string of the molecule is NC(=O)CCOc1ccc(C=CC(=O)O)cc1Cl. The maximum absolute atomic E-state index is 10.5. The van der Waals surface area contributed by atoms with Crippen LogP contribution in [0, 0.1) is 0 Å². The van der Waals surface area contributed by atoms with E-state index in [-0.39, 0.29) is 13.0 Å². The molecule has 0 atom stereocenters. The lowest BCUT2D eigenvalue weighted by Crippen LogP contribution is -2.14. The molecule has 1 rings (SSSR count). The zero-order valence-corrected chi connectivity index (χ0v) is 10.2. The predicted molar refractivity (Wildman–Crippen MR) is 67.4 cm³/mol. The minimum absolute atomic E-state index is 0.108. The molecule has 0 saturated carbocycles. The number of primary amides is 1. The molecule has 0 heterocycles. The molecule has 0 spiro atoms. The zero-order valence-electron chi connectivity index (χ0n) is 9.43. The van der Waals surface area contributed by atoms with Gasteiger partial charge in [0.25, 0.3) is 0 Å². The van der Waals surface area contributed by atoms with Crippen molar-refractivity contribution < 1.29 is 19.4 Å². The number of aliphatic carboxylic acids is 1. The number of amides is 1. The summed E-state index contributed by atoms with van der Waals surface area (Å²) in [6.07, 6.45) is 2.54. The quantitative estimate of drug-likeness (QED) is 0.769. The molecule has 0 aromatic heterocycles. The molecule has 0 saturated heterocycles. The first-order valence-electron chi connectivity index (χ1n) is 5.10. The molecule has 96 valence electrons. The lowest BCUT2D eigenvalue weighted by molar-refractivity contribution is -0.131. The Morgan fingerprint density at radius 3 is 2.72 bits per heavy atom. The van der Waals surface area contributed by atoms with Crippen LogP contribution in [0.25, 0.3) is 6.08 Å². The maximum atomic E-state index is 10.5. The monoisotopic (exact) mass is 269 g/mol. The molecule has 1 aromatic carbocycles. The summed E-state index contributed by atoms with van der Waals surface area (Å²) in [4.78, 5) is 20.9. The van der Waals surface area contributed by atoms with Gasteiger partial charge in [0.2, 0.25) is 5.91 Å². The fourth-order valence-electron chi connectivity index (χ4n) is 1.17. The van der Waals surface area contributed by atoms with Gasteiger partial charge in [0.15, 0.2) is 0 Å². The summed E-state index contributed by atoms with van der Waals surface area (Å²) in [5, 5.41) is 8.82. The van der Waals surface area contributed by atoms with E-state index in [2.05, 4.69) is 0 Å². The highest BCUT2D eigenvalue weighted by molar-refractivity contribution is 6.32.